The molecule has 0 heterocycles. The van der Waals surface area contributed by atoms with E-state index >= 15 is 0 Å². The minimum absolute atomic E-state index is 0.0859. The summed E-state index contributed by atoms with van der Waals surface area (Å²) in [5.74, 6) is 1.16. The van der Waals surface area contributed by atoms with Crippen molar-refractivity contribution < 1.29 is 15.0 Å². The summed E-state index contributed by atoms with van der Waals surface area (Å²) in [6.45, 7) is 4.47. The fourth-order valence-electron chi connectivity index (χ4n) is 6.95. The van der Waals surface area contributed by atoms with Crippen LogP contribution in [0.25, 0.3) is 0 Å². The number of ketones is 1. The van der Waals surface area contributed by atoms with Crippen molar-refractivity contribution in [1.29, 1.82) is 0 Å². The average molecular weight is 306 g/mol. The van der Waals surface area contributed by atoms with Crippen LogP contribution in [-0.4, -0.2) is 28.2 Å². The van der Waals surface area contributed by atoms with Gasteiger partial charge in [0.15, 0.2) is 0 Å². The van der Waals surface area contributed by atoms with Crippen LogP contribution < -0.4 is 0 Å². The van der Waals surface area contributed by atoms with Crippen LogP contribution in [-0.2, 0) is 4.79 Å². The van der Waals surface area contributed by atoms with Crippen molar-refractivity contribution in [3.63, 3.8) is 0 Å². The molecule has 0 saturated heterocycles. The van der Waals surface area contributed by atoms with Crippen LogP contribution in [0.5, 0.6) is 0 Å². The third kappa shape index (κ3) is 1.78. The highest BCUT2D eigenvalue weighted by Crippen LogP contribution is 2.65. The Bertz CT molecular complexity index is 489. The third-order valence-electron chi connectivity index (χ3n) is 8.32. The van der Waals surface area contributed by atoms with Gasteiger partial charge in [0.2, 0.25) is 0 Å². The molecule has 0 aromatic rings. The minimum atomic E-state index is -0.380. The summed E-state index contributed by atoms with van der Waals surface area (Å²) >= 11 is 0. The summed E-state index contributed by atoms with van der Waals surface area (Å²) in [4.78, 5) is 12.6. The molecule has 0 spiro atoms. The lowest BCUT2D eigenvalue weighted by atomic mass is 9.44. The molecule has 0 aromatic heterocycles. The predicted octanol–water partition coefficient (Wildman–Crippen LogP) is 2.93. The van der Waals surface area contributed by atoms with E-state index in [0.29, 0.717) is 24.0 Å². The minimum Gasteiger partial charge on any atom is -0.393 e. The molecule has 0 amide bonds. The summed E-state index contributed by atoms with van der Waals surface area (Å²) in [7, 11) is 0. The van der Waals surface area contributed by atoms with Gasteiger partial charge < -0.3 is 10.2 Å². The maximum absolute atomic E-state index is 12.6. The highest BCUT2D eigenvalue weighted by molar-refractivity contribution is 5.85. The second-order valence-electron chi connectivity index (χ2n) is 9.14. The lowest BCUT2D eigenvalue weighted by Crippen LogP contribution is -2.61. The molecule has 4 rings (SSSR count). The lowest BCUT2D eigenvalue weighted by Gasteiger charge is -2.61. The van der Waals surface area contributed by atoms with Gasteiger partial charge >= 0.3 is 0 Å². The number of aliphatic hydroxyl groups is 2. The van der Waals surface area contributed by atoms with E-state index in [2.05, 4.69) is 13.8 Å². The predicted molar refractivity (Wildman–Crippen MR) is 84.1 cm³/mol. The van der Waals surface area contributed by atoms with E-state index in [1.54, 1.807) is 0 Å². The van der Waals surface area contributed by atoms with Crippen molar-refractivity contribution in [3.05, 3.63) is 0 Å². The Kier molecular flexibility index (Phi) is 3.30. The van der Waals surface area contributed by atoms with E-state index in [4.69, 9.17) is 0 Å². The lowest BCUT2D eigenvalue weighted by molar-refractivity contribution is -0.191. The van der Waals surface area contributed by atoms with Crippen molar-refractivity contribution in [3.8, 4) is 0 Å². The van der Waals surface area contributed by atoms with Gasteiger partial charge in [-0.3, -0.25) is 4.79 Å². The van der Waals surface area contributed by atoms with Gasteiger partial charge in [-0.25, -0.2) is 0 Å². The van der Waals surface area contributed by atoms with Crippen molar-refractivity contribution >= 4 is 5.78 Å². The molecule has 0 bridgehead atoms. The Morgan fingerprint density at radius 2 is 1.82 bits per heavy atom. The van der Waals surface area contributed by atoms with Gasteiger partial charge in [-0.15, -0.1) is 0 Å². The number of carbonyl (C=O) groups is 1. The SMILES string of the molecule is CC12CCCCC1CC(O)C1C2CC(O)C2(C)CCC(=O)C12. The molecular weight excluding hydrogens is 276 g/mol. The molecule has 2 N–H and O–H groups in total. The number of aliphatic hydroxyl groups excluding tert-OH is 2. The monoisotopic (exact) mass is 306 g/mol. The molecule has 0 aromatic carbocycles. The van der Waals surface area contributed by atoms with Crippen LogP contribution in [0.2, 0.25) is 0 Å². The molecule has 4 aliphatic carbocycles. The van der Waals surface area contributed by atoms with Gasteiger partial charge in [-0.05, 0) is 55.3 Å². The van der Waals surface area contributed by atoms with E-state index in [1.807, 2.05) is 0 Å². The number of hydrogen-bond donors (Lipinski definition) is 2. The maximum Gasteiger partial charge on any atom is 0.137 e. The molecule has 124 valence electrons. The first-order valence-corrected chi connectivity index (χ1v) is 9.27. The average Bonchev–Trinajstić information content (AvgIpc) is 2.78. The molecule has 22 heavy (non-hydrogen) atoms. The molecule has 0 aliphatic heterocycles. The van der Waals surface area contributed by atoms with Gasteiger partial charge in [-0.2, -0.15) is 0 Å². The molecule has 0 radical (unpaired) electrons. The summed E-state index contributed by atoms with van der Waals surface area (Å²) in [6, 6.07) is 0. The van der Waals surface area contributed by atoms with Crippen molar-refractivity contribution in [2.75, 3.05) is 0 Å². The third-order valence-corrected chi connectivity index (χ3v) is 8.32. The van der Waals surface area contributed by atoms with Gasteiger partial charge in [0.05, 0.1) is 12.2 Å². The van der Waals surface area contributed by atoms with E-state index < -0.39 is 0 Å². The molecule has 4 saturated carbocycles. The number of fused-ring (bicyclic) bond motifs is 5. The number of Topliss-reactive ketones (excluding diaryl/α,β-unsaturated/α-hetero) is 1. The number of hydrogen-bond acceptors (Lipinski definition) is 3. The van der Waals surface area contributed by atoms with E-state index in [1.165, 1.54) is 25.7 Å². The zero-order valence-electron chi connectivity index (χ0n) is 13.9. The van der Waals surface area contributed by atoms with Crippen molar-refractivity contribution in [2.24, 2.45) is 34.5 Å². The second kappa shape index (κ2) is 4.80. The second-order valence-corrected chi connectivity index (χ2v) is 9.14. The highest BCUT2D eigenvalue weighted by atomic mass is 16.3. The normalized spacial score (nSPS) is 57.9. The van der Waals surface area contributed by atoms with E-state index in [-0.39, 0.29) is 34.9 Å². The van der Waals surface area contributed by atoms with Gasteiger partial charge in [0.1, 0.15) is 5.78 Å². The summed E-state index contributed by atoms with van der Waals surface area (Å²) in [6.07, 6.45) is 7.27. The van der Waals surface area contributed by atoms with Crippen LogP contribution in [0.1, 0.15) is 65.2 Å². The zero-order chi connectivity index (χ0) is 15.7. The molecule has 8 atom stereocenters. The van der Waals surface area contributed by atoms with Crippen LogP contribution in [0, 0.1) is 34.5 Å². The Balaban J connectivity index is 1.76. The molecular formula is C19H30O3. The van der Waals surface area contributed by atoms with Crippen LogP contribution in [0.15, 0.2) is 0 Å². The van der Waals surface area contributed by atoms with Gasteiger partial charge in [-0.1, -0.05) is 26.7 Å². The van der Waals surface area contributed by atoms with Gasteiger partial charge in [0.25, 0.3) is 0 Å². The topological polar surface area (TPSA) is 57.5 Å². The van der Waals surface area contributed by atoms with E-state index in [0.717, 1.165) is 19.3 Å². The first-order chi connectivity index (χ1) is 10.4. The Labute approximate surface area is 133 Å². The van der Waals surface area contributed by atoms with Crippen LogP contribution in [0.3, 0.4) is 0 Å². The smallest absolute Gasteiger partial charge is 0.137 e. The van der Waals surface area contributed by atoms with Crippen LogP contribution >= 0.6 is 0 Å². The highest BCUT2D eigenvalue weighted by Gasteiger charge is 2.64. The fourth-order valence-corrected chi connectivity index (χ4v) is 6.95. The molecule has 3 heteroatoms. The maximum atomic E-state index is 12.6. The van der Waals surface area contributed by atoms with Crippen LogP contribution in [0.4, 0.5) is 0 Å². The van der Waals surface area contributed by atoms with Gasteiger partial charge in [0, 0.05) is 17.8 Å². The molecule has 4 aliphatic rings. The summed E-state index contributed by atoms with van der Waals surface area (Å²) in [5.41, 5.74) is -0.0789. The first-order valence-electron chi connectivity index (χ1n) is 9.27. The Morgan fingerprint density at radius 1 is 1.05 bits per heavy atom. The van der Waals surface area contributed by atoms with E-state index in [9.17, 15) is 15.0 Å². The standard InChI is InChI=1S/C19H30O3/c1-18-7-4-3-5-11(18)9-14(21)16-12(18)10-15(22)19(2)8-6-13(20)17(16)19/h11-12,14-17,21-22H,3-10H2,1-2H3. The number of carbonyl (C=O) groups excluding carboxylic acids is 1. The molecule has 3 nitrogen and oxygen atoms in total. The molecule has 8 unspecified atom stereocenters. The zero-order valence-corrected chi connectivity index (χ0v) is 13.9. The van der Waals surface area contributed by atoms with Crippen molar-refractivity contribution in [2.45, 2.75) is 77.4 Å². The summed E-state index contributed by atoms with van der Waals surface area (Å²) in [5, 5.41) is 21.7. The Morgan fingerprint density at radius 3 is 2.59 bits per heavy atom. The number of rotatable bonds is 0. The fraction of sp³-hybridized carbons (Fsp3) is 0.947. The Hall–Kier alpha value is -0.410. The summed E-state index contributed by atoms with van der Waals surface area (Å²) < 4.78 is 0. The molecule has 4 fully saturated rings. The quantitative estimate of drug-likeness (QED) is 0.723. The first kappa shape index (κ1) is 15.1. The van der Waals surface area contributed by atoms with Crippen molar-refractivity contribution in [1.82, 2.24) is 0 Å². The largest absolute Gasteiger partial charge is 0.393 e.